The molecule has 4 aromatic rings. The third kappa shape index (κ3) is 7.62. The lowest BCUT2D eigenvalue weighted by molar-refractivity contribution is 0.284. The van der Waals surface area contributed by atoms with Gasteiger partial charge in [-0.05, 0) is 59.7 Å². The Hall–Kier alpha value is -3.96. The fourth-order valence-electron chi connectivity index (χ4n) is 3.97. The van der Waals surface area contributed by atoms with Gasteiger partial charge in [-0.25, -0.2) is 13.1 Å². The lowest BCUT2D eigenvalue weighted by Crippen LogP contribution is -2.31. The normalized spacial score (nSPS) is 12.0. The number of hydrogen-bond donors (Lipinski definition) is 5. The monoisotopic (exact) mass is 614 g/mol. The number of methoxy groups -OCH3 is 1. The first-order chi connectivity index (χ1) is 19.6. The van der Waals surface area contributed by atoms with Crippen molar-refractivity contribution in [1.29, 1.82) is 5.41 Å². The largest absolute Gasteiger partial charge is 0.505 e. The van der Waals surface area contributed by atoms with Gasteiger partial charge in [-0.2, -0.15) is 0 Å². The summed E-state index contributed by atoms with van der Waals surface area (Å²) in [6, 6.07) is 23.6. The zero-order valence-corrected chi connectivity index (χ0v) is 24.2. The van der Waals surface area contributed by atoms with Crippen LogP contribution < -0.4 is 25.2 Å². The van der Waals surface area contributed by atoms with Gasteiger partial charge in [0.2, 0.25) is 10.0 Å². The third-order valence-electron chi connectivity index (χ3n) is 6.12. The van der Waals surface area contributed by atoms with Crippen molar-refractivity contribution < 1.29 is 23.0 Å². The lowest BCUT2D eigenvalue weighted by Gasteiger charge is -2.23. The maximum absolute atomic E-state index is 13.2. The van der Waals surface area contributed by atoms with Crippen LogP contribution in [0.1, 0.15) is 22.7 Å². The summed E-state index contributed by atoms with van der Waals surface area (Å²) in [7, 11) is -2.70. The molecule has 0 saturated heterocycles. The molecule has 0 aromatic heterocycles. The maximum atomic E-state index is 13.2. The number of ether oxygens (including phenoxy) is 2. The van der Waals surface area contributed by atoms with E-state index in [0.29, 0.717) is 34.9 Å². The highest BCUT2D eigenvalue weighted by atomic mass is 35.5. The van der Waals surface area contributed by atoms with Gasteiger partial charge in [0.15, 0.2) is 17.2 Å². The smallest absolute Gasteiger partial charge is 0.244 e. The number of phenolic OH excluding ortho intramolecular Hbond substituents is 1. The van der Waals surface area contributed by atoms with E-state index in [1.165, 1.54) is 13.2 Å². The molecule has 0 aliphatic heterocycles. The zero-order chi connectivity index (χ0) is 29.6. The summed E-state index contributed by atoms with van der Waals surface area (Å²) in [5.41, 5.74) is 8.44. The minimum absolute atomic E-state index is 0.0595. The number of nitrogen functional groups attached to an aromatic ring is 1. The van der Waals surface area contributed by atoms with Crippen molar-refractivity contribution in [3.8, 4) is 17.2 Å². The number of hydrogen-bond acceptors (Lipinski definition) is 7. The second kappa shape index (κ2) is 13.1. The number of sulfonamides is 1. The van der Waals surface area contributed by atoms with Gasteiger partial charge in [0.1, 0.15) is 17.3 Å². The van der Waals surface area contributed by atoms with Crippen LogP contribution in [0.15, 0.2) is 89.8 Å². The van der Waals surface area contributed by atoms with Gasteiger partial charge in [-0.1, -0.05) is 59.6 Å². The number of rotatable bonds is 12. The summed E-state index contributed by atoms with van der Waals surface area (Å²) in [5.74, 6) is 0.300. The molecular weight excluding hydrogens is 587 g/mol. The Morgan fingerprint density at radius 3 is 2.37 bits per heavy atom. The van der Waals surface area contributed by atoms with Crippen molar-refractivity contribution in [2.75, 3.05) is 19.0 Å². The van der Waals surface area contributed by atoms with Gasteiger partial charge in [0, 0.05) is 22.8 Å². The minimum Gasteiger partial charge on any atom is -0.505 e. The van der Waals surface area contributed by atoms with E-state index in [-0.39, 0.29) is 22.4 Å². The molecule has 4 aromatic carbocycles. The number of benzene rings is 4. The molecule has 0 heterocycles. The van der Waals surface area contributed by atoms with E-state index >= 15 is 0 Å². The Morgan fingerprint density at radius 2 is 1.71 bits per heavy atom. The van der Waals surface area contributed by atoms with E-state index in [1.54, 1.807) is 42.5 Å². The Kier molecular flexibility index (Phi) is 9.61. The first-order valence-corrected chi connectivity index (χ1v) is 14.5. The highest BCUT2D eigenvalue weighted by molar-refractivity contribution is 7.89. The molecular formula is C29H28Cl2N4O5S. The molecule has 0 amide bonds. The number of nitrogens with one attached hydrogen (secondary N) is 3. The second-order valence-electron chi connectivity index (χ2n) is 8.96. The SMILES string of the molecule is COc1cc(C(CNS(=O)(=O)c2cc(Cl)cc(Cl)c2O)Nc2ccc(C(=N)N)cc2)ccc1OCc1ccccc1. The van der Waals surface area contributed by atoms with Crippen molar-refractivity contribution in [2.24, 2.45) is 5.73 Å². The van der Waals surface area contributed by atoms with Crippen LogP contribution in [0.25, 0.3) is 0 Å². The molecule has 0 radical (unpaired) electrons. The average molecular weight is 616 g/mol. The number of nitrogens with two attached hydrogens (primary N) is 1. The molecule has 1 unspecified atom stereocenters. The van der Waals surface area contributed by atoms with Crippen LogP contribution in [0.5, 0.6) is 17.2 Å². The average Bonchev–Trinajstić information content (AvgIpc) is 2.96. The lowest BCUT2D eigenvalue weighted by atomic mass is 10.1. The molecule has 0 aliphatic rings. The van der Waals surface area contributed by atoms with Crippen molar-refractivity contribution in [3.63, 3.8) is 0 Å². The van der Waals surface area contributed by atoms with Crippen LogP contribution in [-0.2, 0) is 16.6 Å². The second-order valence-corrected chi connectivity index (χ2v) is 11.5. The number of phenols is 1. The fourth-order valence-corrected chi connectivity index (χ4v) is 5.78. The third-order valence-corrected chi connectivity index (χ3v) is 8.07. The minimum atomic E-state index is -4.22. The Bertz CT molecular complexity index is 1640. The highest BCUT2D eigenvalue weighted by Gasteiger charge is 2.24. The van der Waals surface area contributed by atoms with Gasteiger partial charge in [0.25, 0.3) is 0 Å². The summed E-state index contributed by atoms with van der Waals surface area (Å²) in [4.78, 5) is -0.443. The van der Waals surface area contributed by atoms with E-state index in [4.69, 9.17) is 43.8 Å². The predicted molar refractivity (Wildman–Crippen MR) is 161 cm³/mol. The van der Waals surface area contributed by atoms with Crippen LogP contribution in [0.3, 0.4) is 0 Å². The van der Waals surface area contributed by atoms with Gasteiger partial charge in [0.05, 0.1) is 18.2 Å². The van der Waals surface area contributed by atoms with Crippen LogP contribution in [0, 0.1) is 5.41 Å². The van der Waals surface area contributed by atoms with Gasteiger partial charge < -0.3 is 25.6 Å². The summed E-state index contributed by atoms with van der Waals surface area (Å²) in [6.45, 7) is 0.208. The first-order valence-electron chi connectivity index (χ1n) is 12.3. The molecule has 6 N–H and O–H groups in total. The zero-order valence-electron chi connectivity index (χ0n) is 21.9. The molecule has 1 atom stereocenters. The Morgan fingerprint density at radius 1 is 1.00 bits per heavy atom. The van der Waals surface area contributed by atoms with Gasteiger partial charge in [-0.3, -0.25) is 5.41 Å². The maximum Gasteiger partial charge on any atom is 0.244 e. The standard InChI is InChI=1S/C29H28Cl2N4O5S/c1-39-26-13-20(9-12-25(26)40-17-18-5-3-2-4-6-18)24(35-22-10-7-19(8-11-22)29(32)33)16-34-41(37,38)27-15-21(30)14-23(31)28(27)36/h2-15,24,34-36H,16-17H2,1H3,(H3,32,33). The molecule has 0 fully saturated rings. The molecule has 9 nitrogen and oxygen atoms in total. The van der Waals surface area contributed by atoms with E-state index in [0.717, 1.165) is 11.6 Å². The van der Waals surface area contributed by atoms with Crippen molar-refractivity contribution in [3.05, 3.63) is 112 Å². The molecule has 0 bridgehead atoms. The summed E-state index contributed by atoms with van der Waals surface area (Å²) < 4.78 is 40.4. The van der Waals surface area contributed by atoms with E-state index < -0.39 is 26.7 Å². The first kappa shape index (κ1) is 30.0. The molecule has 0 saturated carbocycles. The van der Waals surface area contributed by atoms with E-state index in [2.05, 4.69) is 10.0 Å². The van der Waals surface area contributed by atoms with Crippen LogP contribution in [-0.4, -0.2) is 33.0 Å². The number of aromatic hydroxyl groups is 1. The van der Waals surface area contributed by atoms with E-state index in [9.17, 15) is 13.5 Å². The van der Waals surface area contributed by atoms with Crippen LogP contribution >= 0.6 is 23.2 Å². The van der Waals surface area contributed by atoms with E-state index in [1.807, 2.05) is 30.3 Å². The molecule has 41 heavy (non-hydrogen) atoms. The topological polar surface area (TPSA) is 147 Å². The predicted octanol–water partition coefficient (Wildman–Crippen LogP) is 5.70. The fraction of sp³-hybridized carbons (Fsp3) is 0.138. The van der Waals surface area contributed by atoms with Crippen molar-refractivity contribution >= 4 is 44.7 Å². The Balaban J connectivity index is 1.62. The summed E-state index contributed by atoms with van der Waals surface area (Å²) in [5, 5.41) is 21.1. The number of amidine groups is 1. The molecule has 0 aliphatic carbocycles. The van der Waals surface area contributed by atoms with Crippen molar-refractivity contribution in [1.82, 2.24) is 4.72 Å². The molecule has 12 heteroatoms. The Labute approximate surface area is 248 Å². The molecule has 4 rings (SSSR count). The van der Waals surface area contributed by atoms with Crippen LogP contribution in [0.4, 0.5) is 5.69 Å². The highest BCUT2D eigenvalue weighted by Crippen LogP contribution is 2.35. The molecule has 214 valence electrons. The van der Waals surface area contributed by atoms with Gasteiger partial charge >= 0.3 is 0 Å². The number of anilines is 1. The molecule has 0 spiro atoms. The van der Waals surface area contributed by atoms with Gasteiger partial charge in [-0.15, -0.1) is 0 Å². The van der Waals surface area contributed by atoms with Crippen LogP contribution in [0.2, 0.25) is 10.0 Å². The quantitative estimate of drug-likeness (QED) is 0.101. The summed E-state index contributed by atoms with van der Waals surface area (Å²) >= 11 is 11.9. The van der Waals surface area contributed by atoms with Crippen molar-refractivity contribution in [2.45, 2.75) is 17.5 Å². The number of halogens is 2. The summed E-state index contributed by atoms with van der Waals surface area (Å²) in [6.07, 6.45) is 0.